The molecule has 0 spiro atoms. The number of nitrogens with zero attached hydrogens (tertiary/aromatic N) is 5. The van der Waals surface area contributed by atoms with Gasteiger partial charge >= 0.3 is 0 Å². The number of piperidine rings is 2. The monoisotopic (exact) mass is 739 g/mol. The van der Waals surface area contributed by atoms with Crippen LogP contribution in [-0.4, -0.2) is 90.9 Å². The zero-order chi connectivity index (χ0) is 36.7. The molecule has 12 nitrogen and oxygen atoms in total. The predicted molar refractivity (Wildman–Crippen MR) is 207 cm³/mol. The molecule has 2 aliphatic rings. The summed E-state index contributed by atoms with van der Waals surface area (Å²) in [6.07, 6.45) is 7.73. The van der Waals surface area contributed by atoms with Crippen LogP contribution < -0.4 is 29.0 Å². The lowest BCUT2D eigenvalue weighted by Crippen LogP contribution is -2.32. The number of fused-ring (bicyclic) bond motifs is 3. The van der Waals surface area contributed by atoms with Crippen molar-refractivity contribution in [1.82, 2.24) is 35.6 Å². The lowest BCUT2D eigenvalue weighted by molar-refractivity contribution is 0.157. The van der Waals surface area contributed by atoms with Gasteiger partial charge in [0.15, 0.2) is 28.7 Å². The van der Waals surface area contributed by atoms with E-state index in [4.69, 9.17) is 35.3 Å². The van der Waals surface area contributed by atoms with E-state index in [0.717, 1.165) is 85.0 Å². The number of hydrogen-bond acceptors (Lipinski definition) is 11. The van der Waals surface area contributed by atoms with Crippen LogP contribution in [0.3, 0.4) is 0 Å². The van der Waals surface area contributed by atoms with Crippen molar-refractivity contribution in [3.63, 3.8) is 0 Å². The topological polar surface area (TPSA) is 129 Å². The van der Waals surface area contributed by atoms with Gasteiger partial charge in [-0.3, -0.25) is 0 Å². The third kappa shape index (κ3) is 8.84. The van der Waals surface area contributed by atoms with E-state index in [1.807, 2.05) is 49.4 Å². The van der Waals surface area contributed by atoms with E-state index in [0.29, 0.717) is 69.9 Å². The largest absolute Gasteiger partial charge is 0.493 e. The quantitative estimate of drug-likeness (QED) is 0.144. The highest BCUT2D eigenvalue weighted by atomic mass is 35.5. The second kappa shape index (κ2) is 16.8. The fraction of sp³-hybridized carbons (Fsp3) is 0.400. The maximum absolute atomic E-state index is 6.18. The van der Waals surface area contributed by atoms with Crippen molar-refractivity contribution in [1.29, 1.82) is 0 Å². The summed E-state index contributed by atoms with van der Waals surface area (Å²) in [7, 11) is 5.44. The highest BCUT2D eigenvalue weighted by Gasteiger charge is 2.20. The summed E-state index contributed by atoms with van der Waals surface area (Å²) >= 11 is 6.15. The van der Waals surface area contributed by atoms with Crippen LogP contribution in [0.25, 0.3) is 32.7 Å². The molecule has 0 unspecified atom stereocenters. The maximum atomic E-state index is 6.18. The highest BCUT2D eigenvalue weighted by molar-refractivity contribution is 6.35. The lowest BCUT2D eigenvalue weighted by Gasteiger charge is -2.28. The molecule has 2 aliphatic heterocycles. The van der Waals surface area contributed by atoms with Crippen molar-refractivity contribution in [2.24, 2.45) is 11.8 Å². The minimum atomic E-state index is 0.550. The van der Waals surface area contributed by atoms with Gasteiger partial charge in [0.25, 0.3) is 0 Å². The van der Waals surface area contributed by atoms with Crippen LogP contribution in [0.15, 0.2) is 60.9 Å². The van der Waals surface area contributed by atoms with E-state index >= 15 is 0 Å². The number of hydrogen-bond donors (Lipinski definition) is 2. The number of rotatable bonds is 10. The van der Waals surface area contributed by atoms with Crippen LogP contribution >= 0.6 is 11.6 Å². The minimum absolute atomic E-state index is 0.550. The number of nitrogens with one attached hydrogen (secondary N) is 2. The number of H-pyrrole nitrogens is 1. The SMILES string of the molecule is COc1cc2c(Cl)cnnc2cc1OCC1CCN(C)CC1.COc1cc2c(Oc3ccc4cc(C)[nH]c4c3)cnnc2cc1OCC1CCNCC1. The van der Waals surface area contributed by atoms with Gasteiger partial charge in [-0.1, -0.05) is 11.6 Å². The van der Waals surface area contributed by atoms with Crippen LogP contribution in [-0.2, 0) is 0 Å². The van der Waals surface area contributed by atoms with Gasteiger partial charge in [0, 0.05) is 34.8 Å². The fourth-order valence-corrected chi connectivity index (χ4v) is 7.03. The van der Waals surface area contributed by atoms with Crippen molar-refractivity contribution in [2.75, 3.05) is 60.7 Å². The summed E-state index contributed by atoms with van der Waals surface area (Å²) < 4.78 is 29.3. The predicted octanol–water partition coefficient (Wildman–Crippen LogP) is 7.61. The number of benzene rings is 3. The number of methoxy groups -OCH3 is 2. The summed E-state index contributed by atoms with van der Waals surface area (Å²) in [5, 5.41) is 23.1. The van der Waals surface area contributed by atoms with Gasteiger partial charge in [0.1, 0.15) is 11.3 Å². The normalized spacial score (nSPS) is 15.6. The van der Waals surface area contributed by atoms with E-state index in [-0.39, 0.29) is 0 Å². The summed E-state index contributed by atoms with van der Waals surface area (Å²) in [4.78, 5) is 5.69. The Labute approximate surface area is 314 Å². The highest BCUT2D eigenvalue weighted by Crippen LogP contribution is 2.38. The Morgan fingerprint density at radius 3 is 2.04 bits per heavy atom. The Bertz CT molecular complexity index is 2170. The van der Waals surface area contributed by atoms with Crippen LogP contribution in [0.5, 0.6) is 34.5 Å². The van der Waals surface area contributed by atoms with Gasteiger partial charge in [-0.2, -0.15) is 20.4 Å². The molecule has 8 rings (SSSR count). The van der Waals surface area contributed by atoms with Crippen LogP contribution in [0.2, 0.25) is 5.02 Å². The Hall–Kier alpha value is -4.91. The molecule has 3 aromatic heterocycles. The Morgan fingerprint density at radius 2 is 1.36 bits per heavy atom. The molecule has 6 aromatic rings. The van der Waals surface area contributed by atoms with E-state index in [9.17, 15) is 0 Å². The smallest absolute Gasteiger partial charge is 0.163 e. The zero-order valence-corrected chi connectivity index (χ0v) is 31.4. The minimum Gasteiger partial charge on any atom is -0.493 e. The van der Waals surface area contributed by atoms with Gasteiger partial charge in [0.2, 0.25) is 0 Å². The molecule has 3 aromatic carbocycles. The van der Waals surface area contributed by atoms with Gasteiger partial charge in [-0.25, -0.2) is 0 Å². The zero-order valence-electron chi connectivity index (χ0n) is 30.7. The number of likely N-dealkylation sites (tertiary alicyclic amines) is 1. The average Bonchev–Trinajstić information content (AvgIpc) is 3.56. The first-order chi connectivity index (χ1) is 25.9. The molecule has 53 heavy (non-hydrogen) atoms. The third-order valence-corrected chi connectivity index (χ3v) is 10.3. The molecule has 2 saturated heterocycles. The van der Waals surface area contributed by atoms with Crippen molar-refractivity contribution < 1.29 is 23.7 Å². The van der Waals surface area contributed by atoms with Crippen molar-refractivity contribution >= 4 is 44.3 Å². The molecule has 0 atom stereocenters. The van der Waals surface area contributed by atoms with E-state index in [2.05, 4.69) is 48.7 Å². The third-order valence-electron chi connectivity index (χ3n) is 9.97. The van der Waals surface area contributed by atoms with Gasteiger partial charge < -0.3 is 38.9 Å². The molecule has 0 saturated carbocycles. The van der Waals surface area contributed by atoms with E-state index in [1.165, 1.54) is 6.20 Å². The first-order valence-corrected chi connectivity index (χ1v) is 18.5. The Balaban J connectivity index is 0.000000174. The van der Waals surface area contributed by atoms with E-state index in [1.54, 1.807) is 20.4 Å². The van der Waals surface area contributed by atoms with Crippen LogP contribution in [0, 0.1) is 18.8 Å². The molecular formula is C40H46ClN7O5. The van der Waals surface area contributed by atoms with Crippen molar-refractivity contribution in [2.45, 2.75) is 32.6 Å². The maximum Gasteiger partial charge on any atom is 0.163 e. The second-order valence-electron chi connectivity index (χ2n) is 13.8. The van der Waals surface area contributed by atoms with Gasteiger partial charge in [0.05, 0.1) is 55.8 Å². The Kier molecular flexibility index (Phi) is 11.6. The standard InChI is InChI=1S/C24H26N4O3.C16H20ClN3O2/c1-15-9-17-3-4-18(10-20(17)27-15)31-24-13-26-28-21-12-23(22(29-2)11-19(21)24)30-14-16-5-7-25-8-6-16;1-20-5-3-11(4-6-20)10-22-16-8-14-12(7-15(16)21-2)13(17)9-18-19-14/h3-4,9-13,16,25,27H,5-8,14H2,1-2H3;7-9,11H,3-6,10H2,1-2H3. The fourth-order valence-electron chi connectivity index (χ4n) is 6.84. The molecule has 0 aliphatic carbocycles. The average molecular weight is 740 g/mol. The first-order valence-electron chi connectivity index (χ1n) is 18.1. The molecule has 0 amide bonds. The molecule has 278 valence electrons. The molecular weight excluding hydrogens is 694 g/mol. The molecule has 0 bridgehead atoms. The number of aromatic amines is 1. The molecule has 2 N–H and O–H groups in total. The molecule has 13 heteroatoms. The first kappa shape index (κ1) is 36.4. The summed E-state index contributed by atoms with van der Waals surface area (Å²) in [5.41, 5.74) is 3.57. The molecule has 2 fully saturated rings. The van der Waals surface area contributed by atoms with Gasteiger partial charge in [-0.15, -0.1) is 0 Å². The van der Waals surface area contributed by atoms with Crippen molar-refractivity contribution in [3.05, 3.63) is 71.6 Å². The Morgan fingerprint density at radius 1 is 0.736 bits per heavy atom. The van der Waals surface area contributed by atoms with Gasteiger partial charge in [-0.05, 0) is 113 Å². The molecule has 5 heterocycles. The second-order valence-corrected chi connectivity index (χ2v) is 14.2. The van der Waals surface area contributed by atoms with Crippen LogP contribution in [0.1, 0.15) is 31.4 Å². The molecule has 0 radical (unpaired) electrons. The number of aryl methyl sites for hydroxylation is 1. The van der Waals surface area contributed by atoms with E-state index < -0.39 is 0 Å². The van der Waals surface area contributed by atoms with Crippen molar-refractivity contribution in [3.8, 4) is 34.5 Å². The summed E-state index contributed by atoms with van der Waals surface area (Å²) in [5.74, 6) is 5.21. The number of aromatic nitrogens is 5. The summed E-state index contributed by atoms with van der Waals surface area (Å²) in [6.45, 7) is 7.75. The lowest BCUT2D eigenvalue weighted by atomic mass is 9.98. The number of halogens is 1. The van der Waals surface area contributed by atoms with Crippen LogP contribution in [0.4, 0.5) is 0 Å². The summed E-state index contributed by atoms with van der Waals surface area (Å²) in [6, 6.07) is 15.6. The number of ether oxygens (including phenoxy) is 5.